The molecule has 0 fully saturated rings. The molecule has 0 N–H and O–H groups in total. The average Bonchev–Trinajstić information content (AvgIpc) is 2.69. The normalized spacial score (nSPS) is 12.6. The Hall–Kier alpha value is -2.17. The van der Waals surface area contributed by atoms with Crippen LogP contribution < -0.4 is 0 Å². The predicted octanol–water partition coefficient (Wildman–Crippen LogP) is 7.94. The van der Waals surface area contributed by atoms with Gasteiger partial charge in [-0.1, -0.05) is 89.4 Å². The molecule has 2 aromatic carbocycles. The van der Waals surface area contributed by atoms with Crippen molar-refractivity contribution in [3.05, 3.63) is 107 Å². The number of allylic oxidation sites excluding steroid dienone is 5. The summed E-state index contributed by atoms with van der Waals surface area (Å²) in [7, 11) is 0.713. The molecule has 0 aliphatic heterocycles. The molecule has 2 aromatic rings. The summed E-state index contributed by atoms with van der Waals surface area (Å²) in [6.45, 7) is 16.8. The van der Waals surface area contributed by atoms with Gasteiger partial charge in [0.15, 0.2) is 0 Å². The van der Waals surface area contributed by atoms with Crippen LogP contribution in [0, 0.1) is 6.92 Å². The Kier molecular flexibility index (Phi) is 8.01. The van der Waals surface area contributed by atoms with E-state index in [4.69, 9.17) is 0 Å². The van der Waals surface area contributed by atoms with Crippen molar-refractivity contribution in [2.45, 2.75) is 40.3 Å². The second kappa shape index (κ2) is 10.2. The van der Waals surface area contributed by atoms with E-state index in [-0.39, 0.29) is 0 Å². The first-order chi connectivity index (χ1) is 13.0. The maximum absolute atomic E-state index is 4.35. The van der Waals surface area contributed by atoms with Gasteiger partial charge in [-0.2, -0.15) is 0 Å². The number of hydrogen-bond acceptors (Lipinski definition) is 0. The quantitative estimate of drug-likeness (QED) is 0.325. The van der Waals surface area contributed by atoms with Crippen LogP contribution in [0.3, 0.4) is 0 Å². The molecule has 0 saturated heterocycles. The van der Waals surface area contributed by atoms with Crippen molar-refractivity contribution in [2.75, 3.05) is 0 Å². The maximum Gasteiger partial charge on any atom is -0.00601 e. The first-order valence-corrected chi connectivity index (χ1v) is 10.8. The van der Waals surface area contributed by atoms with Crippen molar-refractivity contribution >= 4 is 19.5 Å². The molecule has 27 heavy (non-hydrogen) atoms. The third-order valence-corrected chi connectivity index (χ3v) is 6.26. The summed E-state index contributed by atoms with van der Waals surface area (Å²) >= 11 is 0. The molecule has 0 bridgehead atoms. The van der Waals surface area contributed by atoms with E-state index < -0.39 is 0 Å². The van der Waals surface area contributed by atoms with E-state index in [1.165, 1.54) is 44.3 Å². The molecule has 0 aromatic heterocycles. The molecule has 0 heterocycles. The van der Waals surface area contributed by atoms with Gasteiger partial charge in [-0.3, -0.25) is 0 Å². The van der Waals surface area contributed by atoms with Crippen molar-refractivity contribution in [3.8, 4) is 0 Å². The smallest absolute Gasteiger partial charge is 0.00601 e. The molecule has 1 heteroatoms. The zero-order valence-electron chi connectivity index (χ0n) is 17.1. The van der Waals surface area contributed by atoms with Gasteiger partial charge in [0.25, 0.3) is 0 Å². The fraction of sp³-hybridized carbons (Fsp3) is 0.231. The highest BCUT2D eigenvalue weighted by molar-refractivity contribution is 7.49. The lowest BCUT2D eigenvalue weighted by molar-refractivity contribution is 1.13. The summed E-state index contributed by atoms with van der Waals surface area (Å²) < 4.78 is 0. The fourth-order valence-corrected chi connectivity index (χ4v) is 4.09. The standard InChI is InChI=1S/C26H31P/c1-7-9-11-19(3)21(5)26-15-14-25(16-20(26)4)22(6)27-18-24-13-10-12-23(8-2)17-24/h7,9-17,27H,1,6,8,18H2,2-5H3/b11-9-,21-19+. The van der Waals surface area contributed by atoms with Gasteiger partial charge in [-0.05, 0) is 77.6 Å². The SMILES string of the molecule is C=C/C=C\C(C)=C(/C)c1ccc(C(=C)PCc2cccc(CC)c2)cc1C. The minimum Gasteiger partial charge on any atom is -0.0991 e. The summed E-state index contributed by atoms with van der Waals surface area (Å²) in [5, 5.41) is 1.23. The Balaban J connectivity index is 2.13. The van der Waals surface area contributed by atoms with Crippen LogP contribution in [-0.2, 0) is 12.6 Å². The highest BCUT2D eigenvalue weighted by atomic mass is 31.1. The van der Waals surface area contributed by atoms with Gasteiger partial charge in [-0.25, -0.2) is 0 Å². The highest BCUT2D eigenvalue weighted by Gasteiger charge is 2.07. The molecule has 1 atom stereocenters. The second-order valence-corrected chi connectivity index (χ2v) is 8.25. The predicted molar refractivity (Wildman–Crippen MR) is 126 cm³/mol. The zero-order valence-corrected chi connectivity index (χ0v) is 18.1. The highest BCUT2D eigenvalue weighted by Crippen LogP contribution is 2.36. The lowest BCUT2D eigenvalue weighted by Gasteiger charge is -2.13. The first-order valence-electron chi connectivity index (χ1n) is 9.54. The van der Waals surface area contributed by atoms with Crippen molar-refractivity contribution < 1.29 is 0 Å². The van der Waals surface area contributed by atoms with Crippen molar-refractivity contribution in [1.82, 2.24) is 0 Å². The van der Waals surface area contributed by atoms with Crippen molar-refractivity contribution in [2.24, 2.45) is 0 Å². The molecule has 0 amide bonds. The summed E-state index contributed by atoms with van der Waals surface area (Å²) in [4.78, 5) is 0. The van der Waals surface area contributed by atoms with E-state index in [2.05, 4.69) is 89.4 Å². The molecule has 0 radical (unpaired) electrons. The van der Waals surface area contributed by atoms with Gasteiger partial charge in [0, 0.05) is 0 Å². The summed E-state index contributed by atoms with van der Waals surface area (Å²) in [5.74, 6) is 0. The van der Waals surface area contributed by atoms with Crippen LogP contribution in [0.15, 0.2) is 79.4 Å². The third-order valence-electron chi connectivity index (χ3n) is 4.96. The molecule has 0 saturated carbocycles. The molecular formula is C26H31P. The zero-order chi connectivity index (χ0) is 19.8. The van der Waals surface area contributed by atoms with Crippen molar-refractivity contribution in [1.29, 1.82) is 0 Å². The van der Waals surface area contributed by atoms with Crippen LogP contribution in [0.5, 0.6) is 0 Å². The van der Waals surface area contributed by atoms with E-state index in [9.17, 15) is 0 Å². The van der Waals surface area contributed by atoms with Gasteiger partial charge >= 0.3 is 0 Å². The Morgan fingerprint density at radius 1 is 1.07 bits per heavy atom. The molecule has 0 nitrogen and oxygen atoms in total. The number of hydrogen-bond donors (Lipinski definition) is 0. The van der Waals surface area contributed by atoms with Crippen LogP contribution in [0.2, 0.25) is 0 Å². The number of rotatable bonds is 8. The fourth-order valence-electron chi connectivity index (χ4n) is 3.09. The maximum atomic E-state index is 4.35. The third kappa shape index (κ3) is 5.91. The van der Waals surface area contributed by atoms with Gasteiger partial charge < -0.3 is 0 Å². The van der Waals surface area contributed by atoms with E-state index in [1.54, 1.807) is 0 Å². The van der Waals surface area contributed by atoms with E-state index in [0.717, 1.165) is 12.6 Å². The van der Waals surface area contributed by atoms with Gasteiger partial charge in [0.1, 0.15) is 0 Å². The topological polar surface area (TPSA) is 0 Å². The number of benzene rings is 2. The van der Waals surface area contributed by atoms with Crippen LogP contribution in [0.25, 0.3) is 10.9 Å². The van der Waals surface area contributed by atoms with Crippen LogP contribution in [0.4, 0.5) is 0 Å². The van der Waals surface area contributed by atoms with E-state index >= 15 is 0 Å². The van der Waals surface area contributed by atoms with Crippen molar-refractivity contribution in [3.63, 3.8) is 0 Å². The minimum absolute atomic E-state index is 0.713. The second-order valence-electron chi connectivity index (χ2n) is 6.94. The lowest BCUT2D eigenvalue weighted by Crippen LogP contribution is -1.91. The Bertz CT molecular complexity index is 881. The van der Waals surface area contributed by atoms with Crippen LogP contribution >= 0.6 is 8.58 Å². The Morgan fingerprint density at radius 2 is 1.81 bits per heavy atom. The summed E-state index contributed by atoms with van der Waals surface area (Å²) in [6.07, 6.45) is 8.07. The molecular weight excluding hydrogens is 343 g/mol. The summed E-state index contributed by atoms with van der Waals surface area (Å²) in [6, 6.07) is 15.6. The molecule has 140 valence electrons. The minimum atomic E-state index is 0.713. The van der Waals surface area contributed by atoms with Gasteiger partial charge in [-0.15, -0.1) is 0 Å². The molecule has 2 rings (SSSR count). The van der Waals surface area contributed by atoms with Gasteiger partial charge in [0.05, 0.1) is 0 Å². The Morgan fingerprint density at radius 3 is 2.48 bits per heavy atom. The van der Waals surface area contributed by atoms with E-state index in [1.807, 2.05) is 12.2 Å². The summed E-state index contributed by atoms with van der Waals surface area (Å²) in [5.41, 5.74) is 9.25. The van der Waals surface area contributed by atoms with E-state index in [0.29, 0.717) is 8.58 Å². The molecule has 1 unspecified atom stereocenters. The van der Waals surface area contributed by atoms with Crippen LogP contribution in [0.1, 0.15) is 48.6 Å². The first kappa shape index (κ1) is 21.1. The lowest BCUT2D eigenvalue weighted by atomic mass is 9.96. The van der Waals surface area contributed by atoms with Crippen LogP contribution in [-0.4, -0.2) is 0 Å². The molecule has 0 aliphatic carbocycles. The average molecular weight is 375 g/mol. The monoisotopic (exact) mass is 374 g/mol. The molecule has 0 aliphatic rings. The number of aryl methyl sites for hydroxylation is 2. The van der Waals surface area contributed by atoms with Gasteiger partial charge in [0.2, 0.25) is 0 Å². The largest absolute Gasteiger partial charge is 0.0991 e. The Labute approximate surface area is 167 Å². The molecule has 0 spiro atoms.